The second-order valence-corrected chi connectivity index (χ2v) is 2.93. The molecule has 0 saturated heterocycles. The van der Waals surface area contributed by atoms with E-state index < -0.39 is 0 Å². The van der Waals surface area contributed by atoms with E-state index in [1.165, 1.54) is 0 Å². The van der Waals surface area contributed by atoms with Crippen molar-refractivity contribution in [2.75, 3.05) is 13.2 Å². The minimum atomic E-state index is -0.360. The number of aliphatic hydroxyl groups excluding tert-OH is 2. The second kappa shape index (κ2) is 6.64. The summed E-state index contributed by atoms with van der Waals surface area (Å²) in [5.41, 5.74) is 5.27. The van der Waals surface area contributed by atoms with Gasteiger partial charge in [-0.25, -0.2) is 0 Å². The summed E-state index contributed by atoms with van der Waals surface area (Å²) in [4.78, 5) is 0. The largest absolute Gasteiger partial charge is 0.409 e. The van der Waals surface area contributed by atoms with Crippen LogP contribution in [0.3, 0.4) is 0 Å². The monoisotopic (exact) mass is 191 g/mol. The Hall–Kier alpha value is -0.850. The lowest BCUT2D eigenvalue weighted by Crippen LogP contribution is -2.43. The van der Waals surface area contributed by atoms with E-state index >= 15 is 0 Å². The molecular weight excluding hydrogens is 174 g/mol. The van der Waals surface area contributed by atoms with Crippen LogP contribution in [0.5, 0.6) is 0 Å². The van der Waals surface area contributed by atoms with Crippen LogP contribution in [0.2, 0.25) is 0 Å². The summed E-state index contributed by atoms with van der Waals surface area (Å²) in [6, 6.07) is -0.415. The molecule has 6 heteroatoms. The molecule has 0 bridgehead atoms. The van der Waals surface area contributed by atoms with Gasteiger partial charge >= 0.3 is 0 Å². The number of hydrogen-bond donors (Lipinski definition) is 5. The van der Waals surface area contributed by atoms with E-state index in [2.05, 4.69) is 10.5 Å². The van der Waals surface area contributed by atoms with Gasteiger partial charge in [0.1, 0.15) is 5.84 Å². The number of nitrogens with one attached hydrogen (secondary N) is 1. The molecule has 0 aromatic carbocycles. The van der Waals surface area contributed by atoms with Gasteiger partial charge in [-0.3, -0.25) is 0 Å². The van der Waals surface area contributed by atoms with E-state index in [1.807, 2.05) is 6.92 Å². The van der Waals surface area contributed by atoms with E-state index in [0.717, 1.165) is 0 Å². The molecule has 0 aliphatic carbocycles. The van der Waals surface area contributed by atoms with Gasteiger partial charge in [0.2, 0.25) is 0 Å². The Morgan fingerprint density at radius 2 is 2.00 bits per heavy atom. The smallest absolute Gasteiger partial charge is 0.140 e. The molecule has 0 saturated carbocycles. The Balaban J connectivity index is 3.78. The Morgan fingerprint density at radius 3 is 2.38 bits per heavy atom. The number of nitrogens with two attached hydrogens (primary N) is 1. The van der Waals surface area contributed by atoms with Crippen molar-refractivity contribution < 1.29 is 15.4 Å². The van der Waals surface area contributed by atoms with Crippen molar-refractivity contribution in [3.05, 3.63) is 0 Å². The number of rotatable bonds is 6. The third kappa shape index (κ3) is 5.40. The topological polar surface area (TPSA) is 111 Å². The third-order valence-corrected chi connectivity index (χ3v) is 1.60. The van der Waals surface area contributed by atoms with Crippen LogP contribution in [0.25, 0.3) is 0 Å². The number of amidine groups is 1. The Labute approximate surface area is 77.1 Å². The fourth-order valence-corrected chi connectivity index (χ4v) is 0.979. The molecule has 0 fully saturated rings. The van der Waals surface area contributed by atoms with Crippen LogP contribution < -0.4 is 11.1 Å². The number of aliphatic hydroxyl groups is 2. The third-order valence-electron chi connectivity index (χ3n) is 1.60. The summed E-state index contributed by atoms with van der Waals surface area (Å²) in [6.07, 6.45) is 0.368. The number of hydrogen-bond acceptors (Lipinski definition) is 5. The molecular formula is C7H17N3O3. The van der Waals surface area contributed by atoms with Crippen LogP contribution in [0.1, 0.15) is 13.3 Å². The molecule has 0 aromatic rings. The highest BCUT2D eigenvalue weighted by molar-refractivity contribution is 5.80. The molecule has 0 aromatic heterocycles. The molecule has 0 aliphatic rings. The lowest BCUT2D eigenvalue weighted by molar-refractivity contribution is 0.164. The summed E-state index contributed by atoms with van der Waals surface area (Å²) >= 11 is 0. The zero-order valence-corrected chi connectivity index (χ0v) is 7.64. The van der Waals surface area contributed by atoms with Gasteiger partial charge in [-0.1, -0.05) is 5.16 Å². The minimum Gasteiger partial charge on any atom is -0.409 e. The SMILES string of the molecule is CC(CC(N)=NO)NC(CO)CO. The van der Waals surface area contributed by atoms with E-state index in [0.29, 0.717) is 6.42 Å². The maximum Gasteiger partial charge on any atom is 0.140 e. The Bertz CT molecular complexity index is 159. The maximum atomic E-state index is 8.73. The Kier molecular flexibility index (Phi) is 6.21. The molecule has 13 heavy (non-hydrogen) atoms. The van der Waals surface area contributed by atoms with Gasteiger partial charge in [0.05, 0.1) is 19.3 Å². The van der Waals surface area contributed by atoms with Gasteiger partial charge in [-0.2, -0.15) is 0 Å². The van der Waals surface area contributed by atoms with Crippen molar-refractivity contribution in [1.82, 2.24) is 5.32 Å². The van der Waals surface area contributed by atoms with Gasteiger partial charge in [-0.15, -0.1) is 0 Å². The van der Waals surface area contributed by atoms with Crippen molar-refractivity contribution in [2.24, 2.45) is 10.9 Å². The van der Waals surface area contributed by atoms with Crippen LogP contribution in [0.4, 0.5) is 0 Å². The summed E-state index contributed by atoms with van der Waals surface area (Å²) in [5.74, 6) is 0.120. The maximum absolute atomic E-state index is 8.73. The molecule has 0 aliphatic heterocycles. The van der Waals surface area contributed by atoms with Crippen LogP contribution in [0, 0.1) is 0 Å². The number of oxime groups is 1. The molecule has 0 heterocycles. The van der Waals surface area contributed by atoms with Crippen molar-refractivity contribution in [3.63, 3.8) is 0 Å². The van der Waals surface area contributed by atoms with Crippen LogP contribution >= 0.6 is 0 Å². The van der Waals surface area contributed by atoms with E-state index in [-0.39, 0.29) is 31.1 Å². The van der Waals surface area contributed by atoms with Crippen LogP contribution in [-0.4, -0.2) is 46.6 Å². The van der Waals surface area contributed by atoms with Gasteiger partial charge < -0.3 is 26.5 Å². The van der Waals surface area contributed by atoms with E-state index in [4.69, 9.17) is 21.2 Å². The van der Waals surface area contributed by atoms with Gasteiger partial charge in [0, 0.05) is 12.5 Å². The first-order valence-electron chi connectivity index (χ1n) is 4.08. The minimum absolute atomic E-state index is 0.0554. The fraction of sp³-hybridized carbons (Fsp3) is 0.857. The molecule has 1 atom stereocenters. The van der Waals surface area contributed by atoms with Crippen molar-refractivity contribution in [3.8, 4) is 0 Å². The molecule has 6 nitrogen and oxygen atoms in total. The summed E-state index contributed by atoms with van der Waals surface area (Å²) in [7, 11) is 0. The highest BCUT2D eigenvalue weighted by atomic mass is 16.4. The van der Waals surface area contributed by atoms with E-state index in [9.17, 15) is 0 Å². The fourth-order valence-electron chi connectivity index (χ4n) is 0.979. The number of nitrogens with zero attached hydrogens (tertiary/aromatic N) is 1. The van der Waals surface area contributed by atoms with Crippen LogP contribution in [0.15, 0.2) is 5.16 Å². The first-order valence-corrected chi connectivity index (χ1v) is 4.08. The van der Waals surface area contributed by atoms with Crippen LogP contribution in [-0.2, 0) is 0 Å². The molecule has 78 valence electrons. The predicted molar refractivity (Wildman–Crippen MR) is 48.6 cm³/mol. The highest BCUT2D eigenvalue weighted by Crippen LogP contribution is 1.93. The second-order valence-electron chi connectivity index (χ2n) is 2.93. The standard InChI is InChI=1S/C7H17N3O3/c1-5(2-7(8)10-13)9-6(3-11)4-12/h5-6,9,11-13H,2-4H2,1H3,(H2,8,10). The summed E-state index contributed by atoms with van der Waals surface area (Å²) in [6.45, 7) is 1.53. The lowest BCUT2D eigenvalue weighted by atomic mass is 10.2. The molecule has 0 radical (unpaired) electrons. The first-order chi connectivity index (χ1) is 6.13. The molecule has 0 amide bonds. The van der Waals surface area contributed by atoms with E-state index in [1.54, 1.807) is 0 Å². The average Bonchev–Trinajstić information content (AvgIpc) is 2.13. The average molecular weight is 191 g/mol. The molecule has 0 spiro atoms. The first kappa shape index (κ1) is 12.2. The molecule has 1 unspecified atom stereocenters. The highest BCUT2D eigenvalue weighted by Gasteiger charge is 2.10. The summed E-state index contributed by atoms with van der Waals surface area (Å²) < 4.78 is 0. The van der Waals surface area contributed by atoms with Crippen molar-refractivity contribution in [1.29, 1.82) is 0 Å². The van der Waals surface area contributed by atoms with Gasteiger partial charge in [0.15, 0.2) is 0 Å². The van der Waals surface area contributed by atoms with Crippen molar-refractivity contribution in [2.45, 2.75) is 25.4 Å². The van der Waals surface area contributed by atoms with Gasteiger partial charge in [0.25, 0.3) is 0 Å². The zero-order valence-electron chi connectivity index (χ0n) is 7.64. The normalized spacial score (nSPS) is 14.9. The summed E-state index contributed by atoms with van der Waals surface area (Å²) in [5, 5.41) is 31.5. The molecule has 0 rings (SSSR count). The Morgan fingerprint density at radius 1 is 1.46 bits per heavy atom. The molecule has 6 N–H and O–H groups in total. The van der Waals surface area contributed by atoms with Crippen molar-refractivity contribution >= 4 is 5.84 Å². The zero-order chi connectivity index (χ0) is 10.3. The van der Waals surface area contributed by atoms with Gasteiger partial charge in [-0.05, 0) is 6.92 Å². The lowest BCUT2D eigenvalue weighted by Gasteiger charge is -2.19. The quantitative estimate of drug-likeness (QED) is 0.151. The predicted octanol–water partition coefficient (Wildman–Crippen LogP) is -1.55.